The number of nitro benzene ring substituents is 1. The number of nitrogens with one attached hydrogen (secondary N) is 1. The molecule has 3 aromatic heterocycles. The molecule has 0 fully saturated rings. The summed E-state index contributed by atoms with van der Waals surface area (Å²) >= 11 is 0. The smallest absolute Gasteiger partial charge is 0.294 e. The number of benzene rings is 1. The molecule has 154 valence electrons. The lowest BCUT2D eigenvalue weighted by atomic mass is 10.2. The van der Waals surface area contributed by atoms with Crippen molar-refractivity contribution in [3.05, 3.63) is 93.0 Å². The molecule has 0 bridgehead atoms. The number of hydrogen-bond donors (Lipinski definition) is 1. The van der Waals surface area contributed by atoms with Gasteiger partial charge in [0.25, 0.3) is 11.6 Å². The summed E-state index contributed by atoms with van der Waals surface area (Å²) in [6.45, 7) is 1.57. The number of anilines is 1. The van der Waals surface area contributed by atoms with Gasteiger partial charge >= 0.3 is 0 Å². The van der Waals surface area contributed by atoms with E-state index in [0.717, 1.165) is 0 Å². The third kappa shape index (κ3) is 3.89. The van der Waals surface area contributed by atoms with Crippen molar-refractivity contribution < 1.29 is 9.72 Å². The molecule has 1 aromatic carbocycles. The molecule has 12 heteroatoms. The Morgan fingerprint density at radius 1 is 1.19 bits per heavy atom. The van der Waals surface area contributed by atoms with Crippen LogP contribution in [0, 0.1) is 17.0 Å². The third-order valence-electron chi connectivity index (χ3n) is 4.29. The zero-order valence-electron chi connectivity index (χ0n) is 16.0. The van der Waals surface area contributed by atoms with Crippen molar-refractivity contribution in [1.29, 1.82) is 0 Å². The first-order valence-electron chi connectivity index (χ1n) is 8.91. The molecule has 0 aliphatic rings. The average molecular weight is 418 g/mol. The van der Waals surface area contributed by atoms with E-state index in [1.54, 1.807) is 25.1 Å². The maximum atomic E-state index is 12.7. The minimum atomic E-state index is -0.771. The number of amides is 1. The Bertz CT molecular complexity index is 1330. The molecule has 0 aliphatic heterocycles. The van der Waals surface area contributed by atoms with Gasteiger partial charge in [0.1, 0.15) is 18.3 Å². The van der Waals surface area contributed by atoms with Crippen LogP contribution in [0.5, 0.6) is 0 Å². The van der Waals surface area contributed by atoms with E-state index in [1.807, 2.05) is 0 Å². The summed E-state index contributed by atoms with van der Waals surface area (Å²) in [5.41, 5.74) is -0.428. The van der Waals surface area contributed by atoms with Gasteiger partial charge in [-0.25, -0.2) is 19.3 Å². The monoisotopic (exact) mass is 418 g/mol. The van der Waals surface area contributed by atoms with Gasteiger partial charge in [-0.2, -0.15) is 10.2 Å². The molecule has 1 amide bonds. The minimum absolute atomic E-state index is 0.137. The highest BCUT2D eigenvalue weighted by Crippen LogP contribution is 2.22. The number of aromatic nitrogens is 6. The van der Waals surface area contributed by atoms with Crippen LogP contribution in [0.25, 0.3) is 11.5 Å². The van der Waals surface area contributed by atoms with Crippen LogP contribution in [0.4, 0.5) is 11.4 Å². The summed E-state index contributed by atoms with van der Waals surface area (Å²) in [7, 11) is 0. The number of nitrogens with zero attached hydrogens (tertiary/aromatic N) is 7. The highest BCUT2D eigenvalue weighted by molar-refractivity contribution is 6.02. The molecule has 0 saturated carbocycles. The van der Waals surface area contributed by atoms with Crippen LogP contribution in [-0.4, -0.2) is 40.4 Å². The van der Waals surface area contributed by atoms with E-state index >= 15 is 0 Å². The average Bonchev–Trinajstić information content (AvgIpc) is 3.29. The quantitative estimate of drug-likeness (QED) is 0.380. The van der Waals surface area contributed by atoms with Crippen molar-refractivity contribution in [3.63, 3.8) is 0 Å². The van der Waals surface area contributed by atoms with Gasteiger partial charge in [-0.1, -0.05) is 12.1 Å². The maximum absolute atomic E-state index is 12.7. The molecule has 0 saturated heterocycles. The zero-order chi connectivity index (χ0) is 22.0. The van der Waals surface area contributed by atoms with Crippen molar-refractivity contribution in [2.45, 2.75) is 6.92 Å². The summed E-state index contributed by atoms with van der Waals surface area (Å²) in [6, 6.07) is 10.3. The second kappa shape index (κ2) is 7.94. The number of rotatable bonds is 5. The molecule has 4 aromatic rings. The van der Waals surface area contributed by atoms with Crippen LogP contribution in [0.1, 0.15) is 16.2 Å². The van der Waals surface area contributed by atoms with E-state index in [1.165, 1.54) is 52.5 Å². The first-order valence-corrected chi connectivity index (χ1v) is 8.91. The summed E-state index contributed by atoms with van der Waals surface area (Å²) in [4.78, 5) is 43.9. The van der Waals surface area contributed by atoms with Gasteiger partial charge < -0.3 is 5.32 Å². The van der Waals surface area contributed by atoms with Crippen LogP contribution in [0.3, 0.4) is 0 Å². The lowest BCUT2D eigenvalue weighted by Crippen LogP contribution is -2.27. The Kier molecular flexibility index (Phi) is 5.02. The number of pyridine rings is 1. The van der Waals surface area contributed by atoms with Crippen molar-refractivity contribution in [2.24, 2.45) is 0 Å². The molecular weight excluding hydrogens is 404 g/mol. The van der Waals surface area contributed by atoms with Gasteiger partial charge in [-0.05, 0) is 25.1 Å². The van der Waals surface area contributed by atoms with Crippen LogP contribution in [0.15, 0.2) is 66.1 Å². The summed E-state index contributed by atoms with van der Waals surface area (Å²) < 4.78 is 2.64. The van der Waals surface area contributed by atoms with E-state index in [9.17, 15) is 19.7 Å². The fourth-order valence-electron chi connectivity index (χ4n) is 2.86. The van der Waals surface area contributed by atoms with Gasteiger partial charge in [-0.15, -0.1) is 0 Å². The normalized spacial score (nSPS) is 10.6. The molecule has 0 aliphatic carbocycles. The summed E-state index contributed by atoms with van der Waals surface area (Å²) in [5.74, 6) is -0.282. The second-order valence-corrected chi connectivity index (χ2v) is 6.36. The topological polar surface area (TPSA) is 151 Å². The molecule has 3 heterocycles. The maximum Gasteiger partial charge on any atom is 0.294 e. The van der Waals surface area contributed by atoms with E-state index in [4.69, 9.17) is 0 Å². The number of carbonyl (C=O) groups excluding carboxylic acids is 1. The van der Waals surface area contributed by atoms with Gasteiger partial charge in [0.05, 0.1) is 16.8 Å². The van der Waals surface area contributed by atoms with E-state index < -0.39 is 22.0 Å². The molecule has 1 N–H and O–H groups in total. The predicted octanol–water partition coefficient (Wildman–Crippen LogP) is 1.68. The van der Waals surface area contributed by atoms with Crippen molar-refractivity contribution >= 4 is 17.3 Å². The highest BCUT2D eigenvalue weighted by atomic mass is 16.6. The number of carbonyl (C=O) groups is 1. The standard InChI is InChI=1S/C19H14N8O4/c1-12-8-16(28)18(24-26(12)14-4-2-3-5-15(14)27(30)31)19(29)23-13-6-7-17(21-9-13)25-11-20-10-22-25/h2-11H,1H3,(H,23,29). The van der Waals surface area contributed by atoms with Crippen LogP contribution in [-0.2, 0) is 0 Å². The van der Waals surface area contributed by atoms with Crippen LogP contribution >= 0.6 is 0 Å². The Morgan fingerprint density at radius 3 is 2.68 bits per heavy atom. The summed E-state index contributed by atoms with van der Waals surface area (Å²) in [6.07, 6.45) is 4.23. The molecule has 12 nitrogen and oxygen atoms in total. The van der Waals surface area contributed by atoms with Gasteiger partial charge in [0, 0.05) is 17.8 Å². The first kappa shape index (κ1) is 19.6. The number of hydrogen-bond acceptors (Lipinski definition) is 8. The van der Waals surface area contributed by atoms with Crippen LogP contribution in [0.2, 0.25) is 0 Å². The second-order valence-electron chi connectivity index (χ2n) is 6.36. The Morgan fingerprint density at radius 2 is 2.00 bits per heavy atom. The Labute approximate surface area is 174 Å². The number of aryl methyl sites for hydroxylation is 1. The van der Waals surface area contributed by atoms with Gasteiger partial charge in [0.15, 0.2) is 11.5 Å². The molecule has 4 rings (SSSR count). The predicted molar refractivity (Wildman–Crippen MR) is 108 cm³/mol. The van der Waals surface area contributed by atoms with Crippen molar-refractivity contribution in [1.82, 2.24) is 29.5 Å². The zero-order valence-corrected chi connectivity index (χ0v) is 16.0. The highest BCUT2D eigenvalue weighted by Gasteiger charge is 2.20. The van der Waals surface area contributed by atoms with E-state index in [2.05, 4.69) is 25.5 Å². The van der Waals surface area contributed by atoms with E-state index in [0.29, 0.717) is 17.2 Å². The largest absolute Gasteiger partial charge is 0.319 e. The fraction of sp³-hybridized carbons (Fsp3) is 0.0526. The Balaban J connectivity index is 1.66. The lowest BCUT2D eigenvalue weighted by molar-refractivity contribution is -0.384. The van der Waals surface area contributed by atoms with Crippen molar-refractivity contribution in [2.75, 3.05) is 5.32 Å². The first-order chi connectivity index (χ1) is 14.9. The van der Waals surface area contributed by atoms with Gasteiger partial charge in [0.2, 0.25) is 5.43 Å². The molecule has 0 spiro atoms. The molecular formula is C19H14N8O4. The minimum Gasteiger partial charge on any atom is -0.319 e. The molecule has 0 radical (unpaired) electrons. The summed E-state index contributed by atoms with van der Waals surface area (Å²) in [5, 5.41) is 21.9. The van der Waals surface area contributed by atoms with Gasteiger partial charge in [-0.3, -0.25) is 19.7 Å². The third-order valence-corrected chi connectivity index (χ3v) is 4.29. The fourth-order valence-corrected chi connectivity index (χ4v) is 2.86. The Hall–Kier alpha value is -4.74. The SMILES string of the molecule is Cc1cc(=O)c(C(=O)Nc2ccc(-n3cncn3)nc2)nn1-c1ccccc1[N+](=O)[O-]. The van der Waals surface area contributed by atoms with E-state index in [-0.39, 0.29) is 11.4 Å². The molecule has 0 atom stereocenters. The molecule has 31 heavy (non-hydrogen) atoms. The number of nitro groups is 1. The molecule has 0 unspecified atom stereocenters. The number of para-hydroxylation sites is 2. The van der Waals surface area contributed by atoms with Crippen LogP contribution < -0.4 is 10.7 Å². The van der Waals surface area contributed by atoms with Crippen molar-refractivity contribution in [3.8, 4) is 11.5 Å². The lowest BCUT2D eigenvalue weighted by Gasteiger charge is -2.11.